The predicted molar refractivity (Wildman–Crippen MR) is 71.5 cm³/mol. The number of hydrogen-bond donors (Lipinski definition) is 2. The van der Waals surface area contributed by atoms with E-state index in [0.717, 1.165) is 0 Å². The fourth-order valence-corrected chi connectivity index (χ4v) is 3.91. The maximum absolute atomic E-state index is 12.5. The van der Waals surface area contributed by atoms with Gasteiger partial charge in [-0.1, -0.05) is 12.1 Å². The summed E-state index contributed by atoms with van der Waals surface area (Å²) in [5.74, 6) is -1.62. The molecule has 2 N–H and O–H groups in total. The number of piperidine rings is 1. The Morgan fingerprint density at radius 1 is 1.40 bits per heavy atom. The van der Waals surface area contributed by atoms with Gasteiger partial charge < -0.3 is 10.2 Å². The number of carboxylic acids is 1. The molecule has 1 fully saturated rings. The van der Waals surface area contributed by atoms with Crippen molar-refractivity contribution in [3.8, 4) is 0 Å². The van der Waals surface area contributed by atoms with Gasteiger partial charge in [-0.2, -0.15) is 4.31 Å². The minimum Gasteiger partial charge on any atom is -0.481 e. The van der Waals surface area contributed by atoms with Crippen LogP contribution in [0.25, 0.3) is 0 Å². The quantitative estimate of drug-likeness (QED) is 0.852. The Kier molecular flexibility index (Phi) is 4.42. The average Bonchev–Trinajstić information content (AvgIpc) is 2.47. The third-order valence-corrected chi connectivity index (χ3v) is 5.31. The summed E-state index contributed by atoms with van der Waals surface area (Å²) in [6.07, 6.45) is 1.04. The molecule has 7 heteroatoms. The Morgan fingerprint density at radius 2 is 2.15 bits per heavy atom. The van der Waals surface area contributed by atoms with Crippen molar-refractivity contribution in [3.63, 3.8) is 0 Å². The number of sulfonamides is 1. The highest BCUT2D eigenvalue weighted by molar-refractivity contribution is 7.89. The summed E-state index contributed by atoms with van der Waals surface area (Å²) in [5.41, 5.74) is 0.512. The van der Waals surface area contributed by atoms with Gasteiger partial charge in [0, 0.05) is 13.1 Å². The van der Waals surface area contributed by atoms with E-state index in [4.69, 9.17) is 10.2 Å². The van der Waals surface area contributed by atoms with E-state index in [2.05, 4.69) is 0 Å². The number of rotatable bonds is 4. The second-order valence-electron chi connectivity index (χ2n) is 4.85. The number of benzene rings is 1. The highest BCUT2D eigenvalue weighted by Crippen LogP contribution is 2.24. The van der Waals surface area contributed by atoms with Crippen molar-refractivity contribution >= 4 is 16.0 Å². The van der Waals surface area contributed by atoms with Gasteiger partial charge in [-0.05, 0) is 30.5 Å². The molecule has 0 unspecified atom stereocenters. The Hall–Kier alpha value is -1.44. The molecule has 0 aliphatic carbocycles. The van der Waals surface area contributed by atoms with Crippen molar-refractivity contribution in [2.45, 2.75) is 24.3 Å². The summed E-state index contributed by atoms with van der Waals surface area (Å²) < 4.78 is 26.2. The molecule has 6 nitrogen and oxygen atoms in total. The van der Waals surface area contributed by atoms with E-state index in [0.29, 0.717) is 24.9 Å². The van der Waals surface area contributed by atoms with E-state index in [-0.39, 0.29) is 18.0 Å². The molecule has 0 radical (unpaired) electrons. The van der Waals surface area contributed by atoms with Crippen LogP contribution in [0.1, 0.15) is 18.4 Å². The molecule has 20 heavy (non-hydrogen) atoms. The molecule has 110 valence electrons. The zero-order chi connectivity index (χ0) is 14.8. The molecule has 0 bridgehead atoms. The van der Waals surface area contributed by atoms with Crippen LogP contribution in [0.2, 0.25) is 0 Å². The zero-order valence-corrected chi connectivity index (χ0v) is 11.7. The Morgan fingerprint density at radius 3 is 2.80 bits per heavy atom. The van der Waals surface area contributed by atoms with Crippen molar-refractivity contribution in [1.29, 1.82) is 0 Å². The molecule has 0 amide bonds. The smallest absolute Gasteiger partial charge is 0.307 e. The van der Waals surface area contributed by atoms with Crippen molar-refractivity contribution < 1.29 is 23.4 Å². The van der Waals surface area contributed by atoms with E-state index in [1.165, 1.54) is 16.4 Å². The van der Waals surface area contributed by atoms with Gasteiger partial charge in [-0.15, -0.1) is 0 Å². The van der Waals surface area contributed by atoms with Crippen LogP contribution >= 0.6 is 0 Å². The van der Waals surface area contributed by atoms with Gasteiger partial charge in [0.1, 0.15) is 0 Å². The fraction of sp³-hybridized carbons (Fsp3) is 0.462. The number of aliphatic hydroxyl groups excluding tert-OH is 1. The first kappa shape index (κ1) is 15.0. The molecule has 0 spiro atoms. The lowest BCUT2D eigenvalue weighted by Gasteiger charge is -2.29. The molecular formula is C13H17NO5S. The number of nitrogens with zero attached hydrogens (tertiary/aromatic N) is 1. The average molecular weight is 299 g/mol. The maximum atomic E-state index is 12.5. The highest BCUT2D eigenvalue weighted by atomic mass is 32.2. The number of carboxylic acid groups (broad SMARTS) is 1. The molecule has 2 rings (SSSR count). The van der Waals surface area contributed by atoms with Crippen LogP contribution in [0.3, 0.4) is 0 Å². The minimum absolute atomic E-state index is 0.00101. The predicted octanol–water partition coefficient (Wildman–Crippen LogP) is 0.664. The zero-order valence-electron chi connectivity index (χ0n) is 10.9. The topological polar surface area (TPSA) is 94.9 Å². The monoisotopic (exact) mass is 299 g/mol. The molecule has 0 aromatic heterocycles. The van der Waals surface area contributed by atoms with Crippen LogP contribution in [0.4, 0.5) is 0 Å². The number of hydrogen-bond acceptors (Lipinski definition) is 4. The summed E-state index contributed by atoms with van der Waals surface area (Å²) in [6, 6.07) is 6.07. The van der Waals surface area contributed by atoms with Crippen LogP contribution < -0.4 is 0 Å². The molecule has 1 aliphatic rings. The van der Waals surface area contributed by atoms with Gasteiger partial charge in [0.2, 0.25) is 10.0 Å². The fourth-order valence-electron chi connectivity index (χ4n) is 2.32. The molecule has 1 aromatic carbocycles. The Bertz CT molecular complexity index is 599. The van der Waals surface area contributed by atoms with Gasteiger partial charge in [0.15, 0.2) is 0 Å². The highest BCUT2D eigenvalue weighted by Gasteiger charge is 2.33. The van der Waals surface area contributed by atoms with Gasteiger partial charge >= 0.3 is 5.97 Å². The normalized spacial score (nSPS) is 20.8. The van der Waals surface area contributed by atoms with Crippen LogP contribution in [0.5, 0.6) is 0 Å². The number of aliphatic carboxylic acids is 1. The summed E-state index contributed by atoms with van der Waals surface area (Å²) >= 11 is 0. The van der Waals surface area contributed by atoms with Crippen LogP contribution in [-0.2, 0) is 21.4 Å². The Balaban J connectivity index is 2.27. The SMILES string of the molecule is O=C(O)[C@@H]1CCCN(S(=O)(=O)c2cccc(CO)c2)C1. The summed E-state index contributed by atoms with van der Waals surface area (Å²) in [6.45, 7) is 0.0948. The lowest BCUT2D eigenvalue weighted by atomic mass is 10.0. The molecule has 1 heterocycles. The van der Waals surface area contributed by atoms with E-state index in [1.807, 2.05) is 0 Å². The summed E-state index contributed by atoms with van der Waals surface area (Å²) in [7, 11) is -3.70. The minimum atomic E-state index is -3.70. The Labute approximate surface area is 117 Å². The first-order valence-corrected chi connectivity index (χ1v) is 7.82. The van der Waals surface area contributed by atoms with Crippen molar-refractivity contribution in [2.24, 2.45) is 5.92 Å². The first-order valence-electron chi connectivity index (χ1n) is 6.38. The van der Waals surface area contributed by atoms with E-state index < -0.39 is 21.9 Å². The third kappa shape index (κ3) is 3.00. The van der Waals surface area contributed by atoms with Gasteiger partial charge in [0.25, 0.3) is 0 Å². The van der Waals surface area contributed by atoms with Gasteiger partial charge in [0.05, 0.1) is 17.4 Å². The molecule has 1 saturated heterocycles. The van der Waals surface area contributed by atoms with Gasteiger partial charge in [-0.25, -0.2) is 8.42 Å². The maximum Gasteiger partial charge on any atom is 0.307 e. The third-order valence-electron chi connectivity index (χ3n) is 3.45. The summed E-state index contributed by atoms with van der Waals surface area (Å²) in [4.78, 5) is 11.1. The second kappa shape index (κ2) is 5.90. The van der Waals surface area contributed by atoms with Crippen molar-refractivity contribution in [2.75, 3.05) is 13.1 Å². The number of carbonyl (C=O) groups is 1. The molecule has 1 atom stereocenters. The van der Waals surface area contributed by atoms with Crippen molar-refractivity contribution in [3.05, 3.63) is 29.8 Å². The molecular weight excluding hydrogens is 282 g/mol. The first-order chi connectivity index (χ1) is 9.45. The van der Waals surface area contributed by atoms with Crippen molar-refractivity contribution in [1.82, 2.24) is 4.31 Å². The van der Waals surface area contributed by atoms with E-state index in [1.54, 1.807) is 12.1 Å². The lowest BCUT2D eigenvalue weighted by Crippen LogP contribution is -2.42. The lowest BCUT2D eigenvalue weighted by molar-refractivity contribution is -0.142. The number of aliphatic hydroxyl groups is 1. The van der Waals surface area contributed by atoms with E-state index in [9.17, 15) is 13.2 Å². The summed E-state index contributed by atoms with van der Waals surface area (Å²) in [5, 5.41) is 18.1. The second-order valence-corrected chi connectivity index (χ2v) is 6.78. The van der Waals surface area contributed by atoms with Crippen LogP contribution in [0, 0.1) is 5.92 Å². The largest absolute Gasteiger partial charge is 0.481 e. The van der Waals surface area contributed by atoms with Crippen LogP contribution in [0.15, 0.2) is 29.2 Å². The molecule has 1 aromatic rings. The standard InChI is InChI=1S/C13H17NO5S/c15-9-10-3-1-5-12(7-10)20(18,19)14-6-2-4-11(8-14)13(16)17/h1,3,5,7,11,15H,2,4,6,8-9H2,(H,16,17)/t11-/m1/s1. The van der Waals surface area contributed by atoms with Gasteiger partial charge in [-0.3, -0.25) is 4.79 Å². The molecule has 1 aliphatic heterocycles. The van der Waals surface area contributed by atoms with Crippen LogP contribution in [-0.4, -0.2) is 42.0 Å². The van der Waals surface area contributed by atoms with E-state index >= 15 is 0 Å². The molecule has 0 saturated carbocycles.